The van der Waals surface area contributed by atoms with Gasteiger partial charge in [-0.2, -0.15) is 0 Å². The van der Waals surface area contributed by atoms with E-state index in [0.29, 0.717) is 6.54 Å². The van der Waals surface area contributed by atoms with E-state index < -0.39 is 10.0 Å². The Bertz CT molecular complexity index is 619. The summed E-state index contributed by atoms with van der Waals surface area (Å²) in [6.07, 6.45) is 1.78. The van der Waals surface area contributed by atoms with Crippen molar-refractivity contribution in [2.75, 3.05) is 6.54 Å². The summed E-state index contributed by atoms with van der Waals surface area (Å²) >= 11 is 3.35. The van der Waals surface area contributed by atoms with Crippen LogP contribution in [0.4, 0.5) is 0 Å². The highest BCUT2D eigenvalue weighted by Crippen LogP contribution is 2.26. The summed E-state index contributed by atoms with van der Waals surface area (Å²) in [6, 6.07) is 5.08. The van der Waals surface area contributed by atoms with E-state index in [1.165, 1.54) is 0 Å². The molecule has 2 rings (SSSR count). The van der Waals surface area contributed by atoms with E-state index in [9.17, 15) is 8.42 Å². The molecule has 0 saturated heterocycles. The van der Waals surface area contributed by atoms with Crippen LogP contribution >= 0.6 is 15.9 Å². The maximum Gasteiger partial charge on any atom is 0.240 e. The first kappa shape index (κ1) is 11.6. The number of halogens is 1. The molecule has 0 atom stereocenters. The maximum absolute atomic E-state index is 11.8. The normalized spacial score (nSPS) is 12.1. The first-order chi connectivity index (χ1) is 7.54. The van der Waals surface area contributed by atoms with Gasteiger partial charge in [0.1, 0.15) is 0 Å². The van der Waals surface area contributed by atoms with Crippen LogP contribution in [0.3, 0.4) is 0 Å². The topological polar surface area (TPSA) is 62.0 Å². The Morgan fingerprint density at radius 2 is 2.19 bits per heavy atom. The Kier molecular flexibility index (Phi) is 3.05. The predicted octanol–water partition coefficient (Wildman–Crippen LogP) is 2.23. The summed E-state index contributed by atoms with van der Waals surface area (Å²) in [5, 5.41) is 0.867. The number of sulfonamides is 1. The third kappa shape index (κ3) is 2.00. The molecular weight excluding hydrogens is 292 g/mol. The summed E-state index contributed by atoms with van der Waals surface area (Å²) in [5.74, 6) is 0. The van der Waals surface area contributed by atoms with Crippen LogP contribution in [-0.4, -0.2) is 19.9 Å². The Morgan fingerprint density at radius 3 is 2.88 bits per heavy atom. The van der Waals surface area contributed by atoms with E-state index in [2.05, 4.69) is 25.6 Å². The smallest absolute Gasteiger partial charge is 0.240 e. The van der Waals surface area contributed by atoms with E-state index in [4.69, 9.17) is 0 Å². The van der Waals surface area contributed by atoms with Crippen LogP contribution in [-0.2, 0) is 10.0 Å². The fraction of sp³-hybridized carbons (Fsp3) is 0.200. The van der Waals surface area contributed by atoms with Crippen LogP contribution in [0.25, 0.3) is 10.9 Å². The monoisotopic (exact) mass is 302 g/mol. The second kappa shape index (κ2) is 4.20. The molecule has 0 amide bonds. The lowest BCUT2D eigenvalue weighted by Gasteiger charge is -2.05. The quantitative estimate of drug-likeness (QED) is 0.913. The average Bonchev–Trinajstić information content (AvgIpc) is 2.65. The number of hydrogen-bond donors (Lipinski definition) is 2. The summed E-state index contributed by atoms with van der Waals surface area (Å²) in [4.78, 5) is 3.31. The SMILES string of the molecule is CCNS(=O)(=O)c1cc(Br)c2[nH]ccc2c1. The average molecular weight is 303 g/mol. The van der Waals surface area contributed by atoms with Crippen LogP contribution in [0.1, 0.15) is 6.92 Å². The Balaban J connectivity index is 2.62. The molecule has 0 aliphatic heterocycles. The van der Waals surface area contributed by atoms with Crippen molar-refractivity contribution < 1.29 is 8.42 Å². The van der Waals surface area contributed by atoms with E-state index in [-0.39, 0.29) is 4.90 Å². The molecule has 16 heavy (non-hydrogen) atoms. The van der Waals surface area contributed by atoms with Crippen molar-refractivity contribution in [2.24, 2.45) is 0 Å². The molecule has 1 aromatic heterocycles. The van der Waals surface area contributed by atoms with Gasteiger partial charge in [0.15, 0.2) is 0 Å². The third-order valence-electron chi connectivity index (χ3n) is 2.23. The largest absolute Gasteiger partial charge is 0.360 e. The summed E-state index contributed by atoms with van der Waals surface area (Å²) in [5.41, 5.74) is 0.899. The molecule has 86 valence electrons. The number of hydrogen-bond acceptors (Lipinski definition) is 2. The molecule has 0 radical (unpaired) electrons. The second-order valence-electron chi connectivity index (χ2n) is 3.35. The summed E-state index contributed by atoms with van der Waals surface area (Å²) < 4.78 is 26.8. The number of fused-ring (bicyclic) bond motifs is 1. The van der Waals surface area contributed by atoms with Crippen LogP contribution in [0.5, 0.6) is 0 Å². The van der Waals surface area contributed by atoms with Gasteiger partial charge in [0.2, 0.25) is 10.0 Å². The summed E-state index contributed by atoms with van der Waals surface area (Å²) in [6.45, 7) is 2.13. The zero-order valence-electron chi connectivity index (χ0n) is 8.62. The van der Waals surface area contributed by atoms with Gasteiger partial charge in [-0.05, 0) is 34.1 Å². The lowest BCUT2D eigenvalue weighted by atomic mass is 10.2. The molecular formula is C10H11BrN2O2S. The lowest BCUT2D eigenvalue weighted by Crippen LogP contribution is -2.23. The van der Waals surface area contributed by atoms with Crippen molar-refractivity contribution in [3.8, 4) is 0 Å². The predicted molar refractivity (Wildman–Crippen MR) is 66.9 cm³/mol. The molecule has 0 spiro atoms. The molecule has 0 fully saturated rings. The highest BCUT2D eigenvalue weighted by Gasteiger charge is 2.15. The first-order valence-electron chi connectivity index (χ1n) is 4.81. The van der Waals surface area contributed by atoms with Gasteiger partial charge in [0.25, 0.3) is 0 Å². The van der Waals surface area contributed by atoms with Gasteiger partial charge in [0, 0.05) is 22.6 Å². The Labute approximate surface area is 102 Å². The molecule has 1 heterocycles. The van der Waals surface area contributed by atoms with Gasteiger partial charge in [-0.3, -0.25) is 0 Å². The van der Waals surface area contributed by atoms with Crippen LogP contribution in [0.15, 0.2) is 33.8 Å². The van der Waals surface area contributed by atoms with E-state index in [1.54, 1.807) is 25.3 Å². The van der Waals surface area contributed by atoms with Crippen LogP contribution < -0.4 is 4.72 Å². The van der Waals surface area contributed by atoms with E-state index in [1.807, 2.05) is 6.07 Å². The number of H-pyrrole nitrogens is 1. The van der Waals surface area contributed by atoms with Crippen molar-refractivity contribution >= 4 is 36.9 Å². The molecule has 6 heteroatoms. The Hall–Kier alpha value is -0.850. The van der Waals surface area contributed by atoms with Crippen LogP contribution in [0.2, 0.25) is 0 Å². The molecule has 0 aliphatic rings. The first-order valence-corrected chi connectivity index (χ1v) is 7.08. The lowest BCUT2D eigenvalue weighted by molar-refractivity contribution is 0.584. The van der Waals surface area contributed by atoms with E-state index in [0.717, 1.165) is 15.4 Å². The Morgan fingerprint density at radius 1 is 1.44 bits per heavy atom. The van der Waals surface area contributed by atoms with Crippen LogP contribution in [0, 0.1) is 0 Å². The van der Waals surface area contributed by atoms with E-state index >= 15 is 0 Å². The van der Waals surface area contributed by atoms with Crippen molar-refractivity contribution in [1.82, 2.24) is 9.71 Å². The van der Waals surface area contributed by atoms with Gasteiger partial charge in [-0.1, -0.05) is 6.92 Å². The molecule has 0 saturated carbocycles. The molecule has 0 bridgehead atoms. The molecule has 4 nitrogen and oxygen atoms in total. The van der Waals surface area contributed by atoms with Crippen molar-refractivity contribution in [2.45, 2.75) is 11.8 Å². The third-order valence-corrected chi connectivity index (χ3v) is 4.38. The number of nitrogens with one attached hydrogen (secondary N) is 2. The minimum Gasteiger partial charge on any atom is -0.360 e. The number of aromatic amines is 1. The van der Waals surface area contributed by atoms with Crippen molar-refractivity contribution in [1.29, 1.82) is 0 Å². The number of benzene rings is 1. The van der Waals surface area contributed by atoms with Gasteiger partial charge in [-0.25, -0.2) is 13.1 Å². The standard InChI is InChI=1S/C10H11BrN2O2S/c1-2-13-16(14,15)8-5-7-3-4-12-10(7)9(11)6-8/h3-6,12-13H,2H2,1H3. The van der Waals surface area contributed by atoms with Crippen molar-refractivity contribution in [3.63, 3.8) is 0 Å². The second-order valence-corrected chi connectivity index (χ2v) is 5.97. The minimum atomic E-state index is -3.40. The highest BCUT2D eigenvalue weighted by atomic mass is 79.9. The maximum atomic E-state index is 11.8. The number of rotatable bonds is 3. The molecule has 0 unspecified atom stereocenters. The fourth-order valence-corrected chi connectivity index (χ4v) is 3.37. The molecule has 2 aromatic rings. The van der Waals surface area contributed by atoms with Gasteiger partial charge in [-0.15, -0.1) is 0 Å². The summed E-state index contributed by atoms with van der Waals surface area (Å²) in [7, 11) is -3.40. The highest BCUT2D eigenvalue weighted by molar-refractivity contribution is 9.10. The molecule has 1 aromatic carbocycles. The van der Waals surface area contributed by atoms with Gasteiger partial charge < -0.3 is 4.98 Å². The molecule has 2 N–H and O–H groups in total. The number of aromatic nitrogens is 1. The van der Waals surface area contributed by atoms with Gasteiger partial charge >= 0.3 is 0 Å². The minimum absolute atomic E-state index is 0.272. The molecule has 0 aliphatic carbocycles. The zero-order valence-corrected chi connectivity index (χ0v) is 11.0. The van der Waals surface area contributed by atoms with Crippen molar-refractivity contribution in [3.05, 3.63) is 28.9 Å². The zero-order chi connectivity index (χ0) is 11.8. The van der Waals surface area contributed by atoms with Gasteiger partial charge in [0.05, 0.1) is 10.4 Å². The fourth-order valence-electron chi connectivity index (χ4n) is 1.53.